The third-order valence-corrected chi connectivity index (χ3v) is 5.45. The van der Waals surface area contributed by atoms with Gasteiger partial charge >= 0.3 is 0 Å². The van der Waals surface area contributed by atoms with E-state index >= 15 is 0 Å². The Morgan fingerprint density at radius 3 is 1.89 bits per heavy atom. The van der Waals surface area contributed by atoms with E-state index in [1.54, 1.807) is 32.0 Å². The van der Waals surface area contributed by atoms with Gasteiger partial charge in [-0.25, -0.2) is 0 Å². The smallest absolute Gasteiger partial charge is 0.128 e. The fourth-order valence-electron chi connectivity index (χ4n) is 3.60. The summed E-state index contributed by atoms with van der Waals surface area (Å²) in [5, 5.41) is 43.0. The van der Waals surface area contributed by atoms with E-state index in [1.165, 1.54) is 0 Å². The molecule has 27 heavy (non-hydrogen) atoms. The zero-order chi connectivity index (χ0) is 19.6. The lowest BCUT2D eigenvalue weighted by Crippen LogP contribution is -1.95. The third kappa shape index (κ3) is 2.31. The molecule has 1 heterocycles. The summed E-state index contributed by atoms with van der Waals surface area (Å²) < 4.78 is 1.83. The molecule has 5 nitrogen and oxygen atoms in total. The number of rotatable bonds is 1. The maximum Gasteiger partial charge on any atom is 0.128 e. The molecule has 0 unspecified atom stereocenters. The first kappa shape index (κ1) is 17.1. The molecule has 4 aromatic rings. The van der Waals surface area contributed by atoms with Crippen molar-refractivity contribution >= 4 is 21.8 Å². The van der Waals surface area contributed by atoms with E-state index in [-0.39, 0.29) is 23.0 Å². The summed E-state index contributed by atoms with van der Waals surface area (Å²) in [5.41, 5.74) is 4.77. The van der Waals surface area contributed by atoms with Crippen LogP contribution < -0.4 is 0 Å². The van der Waals surface area contributed by atoms with Crippen LogP contribution in [0.3, 0.4) is 0 Å². The van der Waals surface area contributed by atoms with Gasteiger partial charge in [-0.1, -0.05) is 0 Å². The maximum absolute atomic E-state index is 10.8. The van der Waals surface area contributed by atoms with E-state index in [1.807, 2.05) is 30.5 Å². The van der Waals surface area contributed by atoms with Crippen LogP contribution in [0.4, 0.5) is 0 Å². The van der Waals surface area contributed by atoms with Crippen LogP contribution in [-0.2, 0) is 0 Å². The van der Waals surface area contributed by atoms with E-state index in [9.17, 15) is 20.4 Å². The van der Waals surface area contributed by atoms with Gasteiger partial charge in [-0.15, -0.1) is 0 Å². The molecular weight excluding hydrogens is 342 g/mol. The highest BCUT2D eigenvalue weighted by Gasteiger charge is 2.20. The van der Waals surface area contributed by atoms with Crippen LogP contribution in [-0.4, -0.2) is 25.0 Å². The molecule has 0 bridgehead atoms. The topological polar surface area (TPSA) is 85.9 Å². The first-order valence-corrected chi connectivity index (χ1v) is 8.70. The number of benzene rings is 3. The number of hydrogen-bond donors (Lipinski definition) is 4. The van der Waals surface area contributed by atoms with Gasteiger partial charge in [-0.3, -0.25) is 0 Å². The van der Waals surface area contributed by atoms with E-state index in [4.69, 9.17) is 0 Å². The number of aromatic hydroxyl groups is 4. The fraction of sp³-hybridized carbons (Fsp3) is 0.182. The molecule has 0 saturated carbocycles. The van der Waals surface area contributed by atoms with Crippen molar-refractivity contribution in [3.8, 4) is 28.7 Å². The predicted octanol–water partition coefficient (Wildman–Crippen LogP) is 4.84. The van der Waals surface area contributed by atoms with Crippen LogP contribution in [0.2, 0.25) is 0 Å². The number of phenolic OH excluding ortho intramolecular Hbond substituents is 4. The summed E-state index contributed by atoms with van der Waals surface area (Å²) in [5.74, 6) is 0.285. The van der Waals surface area contributed by atoms with Gasteiger partial charge < -0.3 is 25.0 Å². The lowest BCUT2D eigenvalue weighted by atomic mass is 10.0. The molecule has 0 aliphatic rings. The number of aromatic nitrogens is 1. The van der Waals surface area contributed by atoms with Gasteiger partial charge in [-0.05, 0) is 56.5 Å². The highest BCUT2D eigenvalue weighted by molar-refractivity contribution is 6.13. The molecule has 0 spiro atoms. The van der Waals surface area contributed by atoms with Crippen molar-refractivity contribution in [2.75, 3.05) is 0 Å². The minimum Gasteiger partial charge on any atom is -0.508 e. The second-order valence-electron chi connectivity index (χ2n) is 7.16. The molecule has 138 valence electrons. The predicted molar refractivity (Wildman–Crippen MR) is 106 cm³/mol. The molecule has 4 rings (SSSR count). The van der Waals surface area contributed by atoms with Crippen molar-refractivity contribution < 1.29 is 20.4 Å². The molecule has 0 fully saturated rings. The van der Waals surface area contributed by atoms with E-state index in [2.05, 4.69) is 0 Å². The molecule has 0 aliphatic carbocycles. The SMILES string of the molecule is Cc1cc2c3c(O)c(C)c(C)cc3n(-c3cc(O)c(C)c(O)c3)c2cc1O. The third-order valence-electron chi connectivity index (χ3n) is 5.45. The highest BCUT2D eigenvalue weighted by Crippen LogP contribution is 2.43. The Morgan fingerprint density at radius 2 is 1.26 bits per heavy atom. The van der Waals surface area contributed by atoms with Crippen LogP contribution in [0.1, 0.15) is 22.3 Å². The highest BCUT2D eigenvalue weighted by atomic mass is 16.3. The van der Waals surface area contributed by atoms with Gasteiger partial charge in [0.25, 0.3) is 0 Å². The van der Waals surface area contributed by atoms with Gasteiger partial charge in [0.2, 0.25) is 0 Å². The van der Waals surface area contributed by atoms with E-state index < -0.39 is 0 Å². The molecule has 5 heteroatoms. The van der Waals surface area contributed by atoms with Crippen LogP contribution in [0.15, 0.2) is 30.3 Å². The second-order valence-corrected chi connectivity index (χ2v) is 7.16. The van der Waals surface area contributed by atoms with Gasteiger partial charge in [0.1, 0.15) is 23.0 Å². The van der Waals surface area contributed by atoms with Crippen LogP contribution in [0.25, 0.3) is 27.5 Å². The minimum absolute atomic E-state index is 0.0237. The molecule has 0 amide bonds. The van der Waals surface area contributed by atoms with Crippen LogP contribution in [0, 0.1) is 27.7 Å². The molecule has 4 N–H and O–H groups in total. The lowest BCUT2D eigenvalue weighted by Gasteiger charge is -2.12. The minimum atomic E-state index is -0.0237. The summed E-state index contributed by atoms with van der Waals surface area (Å²) >= 11 is 0. The summed E-state index contributed by atoms with van der Waals surface area (Å²) in [6.07, 6.45) is 0. The molecule has 0 aliphatic heterocycles. The molecule has 1 aromatic heterocycles. The average molecular weight is 363 g/mol. The zero-order valence-corrected chi connectivity index (χ0v) is 15.6. The standard InChI is InChI=1S/C22H21NO4/c1-10-6-17-21(22(27)12(10)3)15-5-11(2)18(24)9-16(15)23(17)14-7-19(25)13(4)20(26)8-14/h5-9,24-27H,1-4H3. The van der Waals surface area contributed by atoms with Gasteiger partial charge in [0.05, 0.1) is 22.1 Å². The van der Waals surface area contributed by atoms with Crippen molar-refractivity contribution in [2.45, 2.75) is 27.7 Å². The van der Waals surface area contributed by atoms with E-state index in [0.717, 1.165) is 22.0 Å². The Balaban J connectivity index is 2.27. The zero-order valence-electron chi connectivity index (χ0n) is 15.6. The number of aryl methyl sites for hydroxylation is 2. The van der Waals surface area contributed by atoms with E-state index in [0.29, 0.717) is 27.7 Å². The summed E-state index contributed by atoms with van der Waals surface area (Å²) in [7, 11) is 0. The molecule has 0 saturated heterocycles. The summed E-state index contributed by atoms with van der Waals surface area (Å²) in [6, 6.07) is 8.58. The molecular formula is C22H21NO4. The average Bonchev–Trinajstić information content (AvgIpc) is 2.90. The Kier molecular flexibility index (Phi) is 3.53. The summed E-state index contributed by atoms with van der Waals surface area (Å²) in [4.78, 5) is 0. The molecule has 0 radical (unpaired) electrons. The number of nitrogens with zero attached hydrogens (tertiary/aromatic N) is 1. The fourth-order valence-corrected chi connectivity index (χ4v) is 3.60. The Bertz CT molecular complexity index is 1230. The number of hydrogen-bond acceptors (Lipinski definition) is 4. The first-order chi connectivity index (χ1) is 12.7. The molecule has 3 aromatic carbocycles. The Labute approximate surface area is 156 Å². The van der Waals surface area contributed by atoms with Crippen molar-refractivity contribution in [3.63, 3.8) is 0 Å². The normalized spacial score (nSPS) is 11.6. The van der Waals surface area contributed by atoms with Crippen molar-refractivity contribution in [3.05, 3.63) is 52.6 Å². The van der Waals surface area contributed by atoms with Crippen molar-refractivity contribution in [1.29, 1.82) is 0 Å². The van der Waals surface area contributed by atoms with Crippen LogP contribution >= 0.6 is 0 Å². The van der Waals surface area contributed by atoms with Crippen LogP contribution in [0.5, 0.6) is 23.0 Å². The summed E-state index contributed by atoms with van der Waals surface area (Å²) in [6.45, 7) is 7.22. The monoisotopic (exact) mass is 363 g/mol. The van der Waals surface area contributed by atoms with Crippen molar-refractivity contribution in [1.82, 2.24) is 4.57 Å². The molecule has 0 atom stereocenters. The first-order valence-electron chi connectivity index (χ1n) is 8.70. The second kappa shape index (κ2) is 5.58. The lowest BCUT2D eigenvalue weighted by molar-refractivity contribution is 0.443. The van der Waals surface area contributed by atoms with Gasteiger partial charge in [0, 0.05) is 29.1 Å². The van der Waals surface area contributed by atoms with Gasteiger partial charge in [0.15, 0.2) is 0 Å². The quantitative estimate of drug-likeness (QED) is 0.390. The van der Waals surface area contributed by atoms with Crippen molar-refractivity contribution in [2.24, 2.45) is 0 Å². The Morgan fingerprint density at radius 1 is 0.630 bits per heavy atom. The number of phenols is 4. The maximum atomic E-state index is 10.8. The van der Waals surface area contributed by atoms with Gasteiger partial charge in [-0.2, -0.15) is 0 Å². The Hall–Kier alpha value is -3.34. The largest absolute Gasteiger partial charge is 0.508 e. The number of fused-ring (bicyclic) bond motifs is 3.